The summed E-state index contributed by atoms with van der Waals surface area (Å²) in [6.45, 7) is -0.198. The fourth-order valence-electron chi connectivity index (χ4n) is 3.24. The number of carbonyl (C=O) groups excluding carboxylic acids is 1. The van der Waals surface area contributed by atoms with E-state index in [0.717, 1.165) is 6.07 Å². The standard InChI is InChI=1S/C15H13BF3N5O2/c17-15(18,19)9-1-12-11(2-10(9)21-8-3-16(4-8)7-20)24-5-14(25)23-22-13(24)6-26-12/h1-2,8,21H,3-6H2,(H,23,25). The molecule has 3 aliphatic heterocycles. The van der Waals surface area contributed by atoms with Crippen molar-refractivity contribution in [2.45, 2.75) is 24.9 Å². The van der Waals surface area contributed by atoms with Crippen molar-refractivity contribution >= 4 is 29.8 Å². The van der Waals surface area contributed by atoms with Gasteiger partial charge in [-0.15, -0.1) is 0 Å². The van der Waals surface area contributed by atoms with Crippen LogP contribution < -0.4 is 20.4 Å². The normalized spacial score (nSPS) is 19.3. The van der Waals surface area contributed by atoms with Crippen LogP contribution in [0.3, 0.4) is 0 Å². The maximum absolute atomic E-state index is 13.5. The Balaban J connectivity index is 1.72. The van der Waals surface area contributed by atoms with Gasteiger partial charge in [0.1, 0.15) is 18.9 Å². The molecule has 0 unspecified atom stereocenters. The van der Waals surface area contributed by atoms with E-state index in [1.165, 1.54) is 6.07 Å². The number of amides is 1. The van der Waals surface area contributed by atoms with Crippen LogP contribution in [0.5, 0.6) is 5.75 Å². The van der Waals surface area contributed by atoms with Crippen molar-refractivity contribution in [2.24, 2.45) is 5.10 Å². The number of fused-ring (bicyclic) bond motifs is 3. The minimum Gasteiger partial charge on any atom is -0.483 e. The van der Waals surface area contributed by atoms with Crippen molar-refractivity contribution in [3.8, 4) is 11.7 Å². The van der Waals surface area contributed by atoms with Gasteiger partial charge in [0.05, 0.1) is 11.3 Å². The van der Waals surface area contributed by atoms with Gasteiger partial charge >= 0.3 is 6.18 Å². The number of ether oxygens (including phenoxy) is 1. The molecule has 1 aromatic rings. The third-order valence-electron chi connectivity index (χ3n) is 4.66. The lowest BCUT2D eigenvalue weighted by molar-refractivity contribution is -0.137. The smallest absolute Gasteiger partial charge is 0.418 e. The molecule has 4 rings (SSSR count). The number of benzene rings is 1. The molecule has 1 aromatic carbocycles. The lowest BCUT2D eigenvalue weighted by Gasteiger charge is -2.36. The van der Waals surface area contributed by atoms with E-state index in [9.17, 15) is 18.0 Å². The van der Waals surface area contributed by atoms with E-state index in [0.29, 0.717) is 24.2 Å². The fraction of sp³-hybridized carbons (Fsp3) is 0.400. The Morgan fingerprint density at radius 2 is 2.19 bits per heavy atom. The first-order valence-corrected chi connectivity index (χ1v) is 8.02. The van der Waals surface area contributed by atoms with Gasteiger partial charge in [0.2, 0.25) is 0 Å². The highest BCUT2D eigenvalue weighted by atomic mass is 19.4. The Morgan fingerprint density at radius 3 is 2.88 bits per heavy atom. The molecule has 3 heterocycles. The average molecular weight is 363 g/mol. The number of carbonyl (C=O) groups is 1. The van der Waals surface area contributed by atoms with E-state index < -0.39 is 11.7 Å². The minimum atomic E-state index is -4.56. The first-order valence-electron chi connectivity index (χ1n) is 8.02. The summed E-state index contributed by atoms with van der Waals surface area (Å²) in [5.74, 6) is 2.23. The Bertz CT molecular complexity index is 845. The molecular formula is C15H13BF3N5O2. The third-order valence-corrected chi connectivity index (χ3v) is 4.66. The number of nitrogens with one attached hydrogen (secondary N) is 2. The Hall–Kier alpha value is -2.90. The molecule has 0 radical (unpaired) electrons. The van der Waals surface area contributed by atoms with E-state index in [-0.39, 0.29) is 43.3 Å². The molecule has 0 aromatic heterocycles. The van der Waals surface area contributed by atoms with E-state index in [1.54, 1.807) is 4.90 Å². The van der Waals surface area contributed by atoms with Crippen molar-refractivity contribution in [2.75, 3.05) is 23.4 Å². The van der Waals surface area contributed by atoms with Crippen LogP contribution >= 0.6 is 0 Å². The number of hydrazone groups is 1. The zero-order valence-corrected chi connectivity index (χ0v) is 13.4. The SMILES string of the molecule is N#CB1CC(Nc2cc3c(cc2C(F)(F)F)OCC2=NNC(=O)CN23)C1. The molecule has 2 N–H and O–H groups in total. The highest BCUT2D eigenvalue weighted by molar-refractivity contribution is 6.70. The van der Waals surface area contributed by atoms with Crippen LogP contribution in [-0.2, 0) is 11.0 Å². The number of hydrogen-bond donors (Lipinski definition) is 2. The monoisotopic (exact) mass is 363 g/mol. The second kappa shape index (κ2) is 5.83. The fourth-order valence-corrected chi connectivity index (χ4v) is 3.24. The third kappa shape index (κ3) is 2.81. The van der Waals surface area contributed by atoms with E-state index in [4.69, 9.17) is 10.00 Å². The number of nitriles is 1. The van der Waals surface area contributed by atoms with Crippen LogP contribution in [0.4, 0.5) is 24.5 Å². The molecule has 1 saturated heterocycles. The lowest BCUT2D eigenvalue weighted by Crippen LogP contribution is -2.49. The summed E-state index contributed by atoms with van der Waals surface area (Å²) in [4.78, 5) is 13.2. The highest BCUT2D eigenvalue weighted by Crippen LogP contribution is 2.44. The molecule has 0 aliphatic carbocycles. The van der Waals surface area contributed by atoms with Gasteiger partial charge in [0.15, 0.2) is 5.84 Å². The predicted molar refractivity (Wildman–Crippen MR) is 88.3 cm³/mol. The Morgan fingerprint density at radius 1 is 1.42 bits per heavy atom. The number of nitrogens with zero attached hydrogens (tertiary/aromatic N) is 3. The number of rotatable bonds is 2. The molecule has 11 heteroatoms. The quantitative estimate of drug-likeness (QED) is 0.781. The van der Waals surface area contributed by atoms with E-state index in [2.05, 4.69) is 21.8 Å². The van der Waals surface area contributed by atoms with Gasteiger partial charge in [-0.1, -0.05) is 0 Å². The topological polar surface area (TPSA) is 89.7 Å². The minimum absolute atomic E-state index is 0.0240. The van der Waals surface area contributed by atoms with Gasteiger partial charge in [0.25, 0.3) is 12.6 Å². The second-order valence-electron chi connectivity index (χ2n) is 6.44. The van der Waals surface area contributed by atoms with Crippen LogP contribution in [0.25, 0.3) is 0 Å². The Labute approximate surface area is 146 Å². The van der Waals surface area contributed by atoms with Crippen molar-refractivity contribution < 1.29 is 22.7 Å². The Kier molecular flexibility index (Phi) is 3.71. The summed E-state index contributed by atoms with van der Waals surface area (Å²) >= 11 is 0. The summed E-state index contributed by atoms with van der Waals surface area (Å²) in [6, 6.07) is 2.09. The lowest BCUT2D eigenvalue weighted by atomic mass is 9.34. The zero-order valence-electron chi connectivity index (χ0n) is 13.4. The van der Waals surface area contributed by atoms with Crippen molar-refractivity contribution in [3.05, 3.63) is 17.7 Å². The van der Waals surface area contributed by atoms with Gasteiger partial charge in [-0.05, 0) is 24.8 Å². The van der Waals surface area contributed by atoms with Gasteiger partial charge in [-0.3, -0.25) is 4.79 Å². The average Bonchev–Trinajstić information content (AvgIpc) is 2.56. The largest absolute Gasteiger partial charge is 0.483 e. The number of halogens is 3. The number of hydrogen-bond acceptors (Lipinski definition) is 6. The van der Waals surface area contributed by atoms with Crippen LogP contribution in [0.2, 0.25) is 12.6 Å². The maximum atomic E-state index is 13.5. The summed E-state index contributed by atoms with van der Waals surface area (Å²) in [7, 11) is 0. The van der Waals surface area contributed by atoms with Crippen LogP contribution in [0.15, 0.2) is 17.2 Å². The van der Waals surface area contributed by atoms with E-state index >= 15 is 0 Å². The molecule has 7 nitrogen and oxygen atoms in total. The molecule has 0 bridgehead atoms. The molecule has 0 atom stereocenters. The molecule has 3 aliphatic rings. The van der Waals surface area contributed by atoms with Crippen molar-refractivity contribution in [3.63, 3.8) is 0 Å². The van der Waals surface area contributed by atoms with E-state index in [1.807, 2.05) is 0 Å². The van der Waals surface area contributed by atoms with Gasteiger partial charge in [-0.25, -0.2) is 10.7 Å². The van der Waals surface area contributed by atoms with Gasteiger partial charge < -0.3 is 15.0 Å². The number of anilines is 2. The van der Waals surface area contributed by atoms with Crippen LogP contribution in [-0.4, -0.2) is 37.6 Å². The molecule has 1 amide bonds. The molecule has 0 spiro atoms. The zero-order chi connectivity index (χ0) is 18.5. The summed E-state index contributed by atoms with van der Waals surface area (Å²) in [5, 5.41) is 15.6. The second-order valence-corrected chi connectivity index (χ2v) is 6.44. The molecule has 26 heavy (non-hydrogen) atoms. The van der Waals surface area contributed by atoms with Gasteiger partial charge in [0, 0.05) is 17.7 Å². The first-order chi connectivity index (χ1) is 12.3. The van der Waals surface area contributed by atoms with Gasteiger partial charge in [-0.2, -0.15) is 18.3 Å². The van der Waals surface area contributed by atoms with Crippen LogP contribution in [0, 0.1) is 11.2 Å². The predicted octanol–water partition coefficient (Wildman–Crippen LogP) is 1.70. The first kappa shape index (κ1) is 16.6. The summed E-state index contributed by atoms with van der Waals surface area (Å²) in [5.41, 5.74) is 1.76. The number of amidine groups is 1. The maximum Gasteiger partial charge on any atom is 0.418 e. The van der Waals surface area contributed by atoms with Crippen molar-refractivity contribution in [1.29, 1.82) is 5.26 Å². The summed E-state index contributed by atoms with van der Waals surface area (Å²) < 4.78 is 45.8. The molecule has 1 fully saturated rings. The molecule has 134 valence electrons. The molecular weight excluding hydrogens is 350 g/mol. The highest BCUT2D eigenvalue weighted by Gasteiger charge is 2.40. The number of alkyl halides is 3. The summed E-state index contributed by atoms with van der Waals surface area (Å²) in [6.07, 6.45) is -3.56. The van der Waals surface area contributed by atoms with Crippen molar-refractivity contribution in [1.82, 2.24) is 5.43 Å². The van der Waals surface area contributed by atoms with Crippen LogP contribution in [0.1, 0.15) is 5.56 Å². The molecule has 0 saturated carbocycles.